The van der Waals surface area contributed by atoms with E-state index in [9.17, 15) is 13.6 Å². The first kappa shape index (κ1) is 19.8. The van der Waals surface area contributed by atoms with Crippen molar-refractivity contribution in [2.45, 2.75) is 62.3 Å². The molecule has 4 heterocycles. The molecule has 11 heteroatoms. The maximum absolute atomic E-state index is 13.6. The Morgan fingerprint density at radius 3 is 2.59 bits per heavy atom. The summed E-state index contributed by atoms with van der Waals surface area (Å²) in [6.07, 6.45) is 6.99. The van der Waals surface area contributed by atoms with Crippen molar-refractivity contribution >= 4 is 28.3 Å². The zero-order chi connectivity index (χ0) is 22.0. The highest BCUT2D eigenvalue weighted by molar-refractivity contribution is 6.30. The molecule has 0 unspecified atom stereocenters. The van der Waals surface area contributed by atoms with Crippen molar-refractivity contribution in [2.75, 3.05) is 0 Å². The molecule has 0 spiro atoms. The lowest BCUT2D eigenvalue weighted by Crippen LogP contribution is -2.28. The highest BCUT2D eigenvalue weighted by Crippen LogP contribution is 2.47. The summed E-state index contributed by atoms with van der Waals surface area (Å²) in [4.78, 5) is 25.1. The van der Waals surface area contributed by atoms with Crippen LogP contribution in [0.5, 0.6) is 0 Å². The normalized spacial score (nSPS) is 23.6. The van der Waals surface area contributed by atoms with Gasteiger partial charge in [0, 0.05) is 30.7 Å². The number of nitrogens with one attached hydrogen (secondary N) is 1. The molecule has 2 atom stereocenters. The largest absolute Gasteiger partial charge is 0.310 e. The van der Waals surface area contributed by atoms with Crippen LogP contribution in [0.2, 0.25) is 5.02 Å². The Morgan fingerprint density at radius 1 is 1.06 bits per heavy atom. The molecule has 32 heavy (non-hydrogen) atoms. The van der Waals surface area contributed by atoms with Crippen molar-refractivity contribution in [1.82, 2.24) is 34.3 Å². The first-order chi connectivity index (χ1) is 15.4. The lowest BCUT2D eigenvalue weighted by molar-refractivity contribution is -0.0446. The minimum atomic E-state index is -2.62. The fraction of sp³-hybridized carbons (Fsp3) is 0.476. The van der Waals surface area contributed by atoms with Crippen LogP contribution in [-0.2, 0) is 0 Å². The van der Waals surface area contributed by atoms with E-state index >= 15 is 0 Å². The van der Waals surface area contributed by atoms with Gasteiger partial charge in [-0.15, -0.1) is 0 Å². The summed E-state index contributed by atoms with van der Waals surface area (Å²) >= 11 is 6.02. The monoisotopic (exact) mass is 459 g/mol. The minimum Gasteiger partial charge on any atom is -0.310 e. The number of fused-ring (bicyclic) bond motifs is 2. The van der Waals surface area contributed by atoms with Crippen LogP contribution in [-0.4, -0.2) is 40.3 Å². The second kappa shape index (κ2) is 7.06. The van der Waals surface area contributed by atoms with Crippen LogP contribution in [0.25, 0.3) is 16.7 Å². The van der Waals surface area contributed by atoms with Gasteiger partial charge in [0.15, 0.2) is 11.3 Å². The van der Waals surface area contributed by atoms with Crippen LogP contribution in [0.3, 0.4) is 0 Å². The van der Waals surface area contributed by atoms with E-state index in [0.29, 0.717) is 40.4 Å². The molecule has 0 amide bonds. The Balaban J connectivity index is 1.34. The summed E-state index contributed by atoms with van der Waals surface area (Å²) in [6, 6.07) is 1.57. The SMILES string of the molecule is O=c1[nH]c([C@@H]2CC[C@@H]2c2cn3ncc(Cl)cc3n2)nc2c1cnn2C1CCC(F)(F)CC1. The van der Waals surface area contributed by atoms with E-state index in [-0.39, 0.29) is 36.3 Å². The lowest BCUT2D eigenvalue weighted by Gasteiger charge is -2.34. The summed E-state index contributed by atoms with van der Waals surface area (Å²) in [5, 5.41) is 9.49. The lowest BCUT2D eigenvalue weighted by atomic mass is 9.71. The van der Waals surface area contributed by atoms with Gasteiger partial charge >= 0.3 is 0 Å². The van der Waals surface area contributed by atoms with Crippen molar-refractivity contribution in [3.63, 3.8) is 0 Å². The van der Waals surface area contributed by atoms with Crippen LogP contribution >= 0.6 is 11.6 Å². The number of halogens is 3. The molecule has 4 aromatic rings. The number of hydrogen-bond acceptors (Lipinski definition) is 5. The number of aromatic amines is 1. The molecule has 2 saturated carbocycles. The number of aromatic nitrogens is 7. The summed E-state index contributed by atoms with van der Waals surface area (Å²) in [5.74, 6) is -1.93. The van der Waals surface area contributed by atoms with Crippen LogP contribution < -0.4 is 5.56 Å². The fourth-order valence-corrected chi connectivity index (χ4v) is 5.04. The molecule has 2 aliphatic carbocycles. The molecule has 0 radical (unpaired) electrons. The van der Waals surface area contributed by atoms with Crippen LogP contribution in [0.4, 0.5) is 8.78 Å². The Labute approximate surface area is 185 Å². The third-order valence-corrected chi connectivity index (χ3v) is 7.03. The van der Waals surface area contributed by atoms with Crippen LogP contribution in [0.1, 0.15) is 67.9 Å². The van der Waals surface area contributed by atoms with E-state index in [1.54, 1.807) is 21.5 Å². The first-order valence-electron chi connectivity index (χ1n) is 10.7. The van der Waals surface area contributed by atoms with Gasteiger partial charge in [-0.1, -0.05) is 11.6 Å². The Hall–Kier alpha value is -2.88. The van der Waals surface area contributed by atoms with Crippen molar-refractivity contribution < 1.29 is 8.78 Å². The number of alkyl halides is 2. The van der Waals surface area contributed by atoms with Gasteiger partial charge in [-0.25, -0.2) is 27.9 Å². The molecule has 0 saturated heterocycles. The highest BCUT2D eigenvalue weighted by atomic mass is 35.5. The van der Waals surface area contributed by atoms with Gasteiger partial charge in [-0.05, 0) is 25.7 Å². The van der Waals surface area contributed by atoms with Crippen LogP contribution in [0.15, 0.2) is 29.5 Å². The maximum Gasteiger partial charge on any atom is 0.262 e. The Kier molecular flexibility index (Phi) is 4.36. The smallest absolute Gasteiger partial charge is 0.262 e. The summed E-state index contributed by atoms with van der Waals surface area (Å²) in [6.45, 7) is 0. The standard InChI is InChI=1S/C21H20ClF2N7O/c22-11-7-17-27-16(10-30(17)25-8-11)13-1-2-14(13)18-28-19-15(20(32)29-18)9-26-31(19)12-3-5-21(23,24)6-4-12/h7-10,12-14H,1-6H2,(H,28,29,32)/t13-,14+/m0/s1. The van der Waals surface area contributed by atoms with Gasteiger partial charge in [0.2, 0.25) is 5.92 Å². The predicted molar refractivity (Wildman–Crippen MR) is 113 cm³/mol. The second-order valence-electron chi connectivity index (χ2n) is 8.80. The summed E-state index contributed by atoms with van der Waals surface area (Å²) in [5.41, 5.74) is 1.75. The van der Waals surface area contributed by atoms with E-state index < -0.39 is 5.92 Å². The van der Waals surface area contributed by atoms with Gasteiger partial charge in [-0.2, -0.15) is 10.2 Å². The van der Waals surface area contributed by atoms with E-state index in [0.717, 1.165) is 18.5 Å². The number of rotatable bonds is 3. The van der Waals surface area contributed by atoms with Crippen molar-refractivity contribution in [1.29, 1.82) is 0 Å². The molecule has 6 rings (SSSR count). The van der Waals surface area contributed by atoms with Gasteiger partial charge in [0.1, 0.15) is 11.2 Å². The van der Waals surface area contributed by atoms with Gasteiger partial charge < -0.3 is 4.98 Å². The molecule has 0 bridgehead atoms. The van der Waals surface area contributed by atoms with Crippen molar-refractivity contribution in [2.24, 2.45) is 0 Å². The molecule has 166 valence electrons. The zero-order valence-electron chi connectivity index (χ0n) is 17.0. The fourth-order valence-electron chi connectivity index (χ4n) is 4.90. The van der Waals surface area contributed by atoms with E-state index in [2.05, 4.69) is 20.2 Å². The molecule has 0 aliphatic heterocycles. The highest BCUT2D eigenvalue weighted by Gasteiger charge is 2.39. The van der Waals surface area contributed by atoms with Gasteiger partial charge in [0.25, 0.3) is 5.56 Å². The number of hydrogen-bond donors (Lipinski definition) is 1. The molecule has 0 aromatic carbocycles. The quantitative estimate of drug-likeness (QED) is 0.495. The van der Waals surface area contributed by atoms with E-state index in [1.807, 2.05) is 6.20 Å². The third-order valence-electron chi connectivity index (χ3n) is 6.83. The van der Waals surface area contributed by atoms with Crippen LogP contribution in [0, 0.1) is 0 Å². The third kappa shape index (κ3) is 3.19. The number of nitrogens with zero attached hydrogens (tertiary/aromatic N) is 6. The number of imidazole rings is 1. The first-order valence-corrected chi connectivity index (χ1v) is 11.1. The maximum atomic E-state index is 13.6. The predicted octanol–water partition coefficient (Wildman–Crippen LogP) is 4.23. The topological polar surface area (TPSA) is 93.8 Å². The van der Waals surface area contributed by atoms with E-state index in [1.165, 1.54) is 6.20 Å². The van der Waals surface area contributed by atoms with Gasteiger partial charge in [0.05, 0.1) is 35.3 Å². The Morgan fingerprint density at radius 2 is 1.84 bits per heavy atom. The second-order valence-corrected chi connectivity index (χ2v) is 9.23. The zero-order valence-corrected chi connectivity index (χ0v) is 17.8. The summed E-state index contributed by atoms with van der Waals surface area (Å²) < 4.78 is 30.6. The molecular formula is C21H20ClF2N7O. The molecule has 8 nitrogen and oxygen atoms in total. The average Bonchev–Trinajstić information content (AvgIpc) is 3.31. The van der Waals surface area contributed by atoms with Crippen molar-refractivity contribution in [3.05, 3.63) is 51.6 Å². The molecule has 2 fully saturated rings. The molecular weight excluding hydrogens is 440 g/mol. The molecule has 2 aliphatic rings. The average molecular weight is 460 g/mol. The number of H-pyrrole nitrogens is 1. The molecule has 4 aromatic heterocycles. The van der Waals surface area contributed by atoms with E-state index in [4.69, 9.17) is 16.6 Å². The Bertz CT molecular complexity index is 1380. The minimum absolute atomic E-state index is 0.00604. The molecule has 1 N–H and O–H groups in total. The summed E-state index contributed by atoms with van der Waals surface area (Å²) in [7, 11) is 0. The van der Waals surface area contributed by atoms with Gasteiger partial charge in [-0.3, -0.25) is 4.79 Å². The van der Waals surface area contributed by atoms with Crippen molar-refractivity contribution in [3.8, 4) is 0 Å².